The maximum atomic E-state index is 9.15. The van der Waals surface area contributed by atoms with Gasteiger partial charge < -0.3 is 4.90 Å². The van der Waals surface area contributed by atoms with Crippen LogP contribution in [0.4, 0.5) is 0 Å². The van der Waals surface area contributed by atoms with Crippen LogP contribution in [0.15, 0.2) is 0 Å². The van der Waals surface area contributed by atoms with E-state index in [1.165, 1.54) is 45.1 Å². The lowest BCUT2D eigenvalue weighted by Gasteiger charge is -2.40. The molecule has 0 unspecified atom stereocenters. The van der Waals surface area contributed by atoms with Crippen molar-refractivity contribution in [2.75, 3.05) is 32.7 Å². The van der Waals surface area contributed by atoms with Crippen molar-refractivity contribution in [1.82, 2.24) is 9.80 Å². The Morgan fingerprint density at radius 1 is 0.947 bits per heavy atom. The lowest BCUT2D eigenvalue weighted by Crippen LogP contribution is -2.54. The van der Waals surface area contributed by atoms with Gasteiger partial charge in [0.2, 0.25) is 0 Å². The van der Waals surface area contributed by atoms with Crippen molar-refractivity contribution in [2.24, 2.45) is 0 Å². The van der Waals surface area contributed by atoms with E-state index in [-0.39, 0.29) is 5.54 Å². The molecule has 0 atom stereocenters. The quantitative estimate of drug-likeness (QED) is 0.631. The van der Waals surface area contributed by atoms with E-state index in [4.69, 9.17) is 5.26 Å². The summed E-state index contributed by atoms with van der Waals surface area (Å²) in [5, 5.41) is 9.15. The van der Waals surface area contributed by atoms with Gasteiger partial charge in [0.05, 0.1) is 6.07 Å². The molecule has 0 aromatic rings. The lowest BCUT2D eigenvalue weighted by molar-refractivity contribution is 0.0792. The summed E-state index contributed by atoms with van der Waals surface area (Å²) in [6, 6.07) is 2.41. The van der Waals surface area contributed by atoms with Gasteiger partial charge in [-0.25, -0.2) is 0 Å². The predicted octanol–water partition coefficient (Wildman–Crippen LogP) is 3.27. The molecule has 0 N–H and O–H groups in total. The van der Waals surface area contributed by atoms with Crippen LogP contribution in [0.2, 0.25) is 0 Å². The summed E-state index contributed by atoms with van der Waals surface area (Å²) in [6.07, 6.45) is 8.24. The highest BCUT2D eigenvalue weighted by atomic mass is 15.3. The Labute approximate surface area is 119 Å². The first-order chi connectivity index (χ1) is 9.10. The van der Waals surface area contributed by atoms with E-state index >= 15 is 0 Å². The van der Waals surface area contributed by atoms with Gasteiger partial charge in [0, 0.05) is 26.2 Å². The van der Waals surface area contributed by atoms with Gasteiger partial charge in [-0.2, -0.15) is 5.26 Å². The standard InChI is InChI=1S/C16H31N3/c1-4-5-6-7-8-9-10-18-11-13-19(14-12-18)16(2,3)15-17/h4-14H2,1-3H3. The van der Waals surface area contributed by atoms with Gasteiger partial charge in [-0.3, -0.25) is 4.90 Å². The van der Waals surface area contributed by atoms with Crippen LogP contribution in [0.1, 0.15) is 59.3 Å². The molecule has 0 spiro atoms. The topological polar surface area (TPSA) is 30.3 Å². The Morgan fingerprint density at radius 2 is 1.53 bits per heavy atom. The summed E-state index contributed by atoms with van der Waals surface area (Å²) < 4.78 is 0. The molecule has 1 aliphatic rings. The van der Waals surface area contributed by atoms with Crippen molar-refractivity contribution in [3.05, 3.63) is 0 Å². The van der Waals surface area contributed by atoms with Crippen molar-refractivity contribution in [1.29, 1.82) is 5.26 Å². The molecule has 1 heterocycles. The average molecular weight is 265 g/mol. The van der Waals surface area contributed by atoms with Crippen LogP contribution in [-0.2, 0) is 0 Å². The van der Waals surface area contributed by atoms with Crippen molar-refractivity contribution >= 4 is 0 Å². The normalized spacial score (nSPS) is 18.4. The van der Waals surface area contributed by atoms with Gasteiger partial charge in [0.15, 0.2) is 0 Å². The summed E-state index contributed by atoms with van der Waals surface area (Å²) in [4.78, 5) is 4.87. The van der Waals surface area contributed by atoms with E-state index in [9.17, 15) is 0 Å². The maximum Gasteiger partial charge on any atom is 0.103 e. The number of hydrogen-bond acceptors (Lipinski definition) is 3. The Morgan fingerprint density at radius 3 is 2.11 bits per heavy atom. The highest BCUT2D eigenvalue weighted by Gasteiger charge is 2.29. The Hall–Kier alpha value is -0.590. The van der Waals surface area contributed by atoms with Gasteiger partial charge >= 0.3 is 0 Å². The summed E-state index contributed by atoms with van der Waals surface area (Å²) in [5.41, 5.74) is -0.299. The molecule has 110 valence electrons. The summed E-state index contributed by atoms with van der Waals surface area (Å²) in [5.74, 6) is 0. The SMILES string of the molecule is CCCCCCCCN1CCN(C(C)(C)C#N)CC1. The molecule has 1 aliphatic heterocycles. The number of unbranched alkanes of at least 4 members (excludes halogenated alkanes) is 5. The first-order valence-corrected chi connectivity index (χ1v) is 7.99. The fraction of sp³-hybridized carbons (Fsp3) is 0.938. The van der Waals surface area contributed by atoms with E-state index in [0.29, 0.717) is 0 Å². The molecule has 0 radical (unpaired) electrons. The first kappa shape index (κ1) is 16.5. The molecule has 1 saturated heterocycles. The largest absolute Gasteiger partial charge is 0.301 e. The second kappa shape index (κ2) is 8.55. The van der Waals surface area contributed by atoms with Crippen LogP contribution in [0.3, 0.4) is 0 Å². The maximum absolute atomic E-state index is 9.15. The van der Waals surface area contributed by atoms with E-state index in [1.54, 1.807) is 0 Å². The molecule has 0 aliphatic carbocycles. The minimum Gasteiger partial charge on any atom is -0.301 e. The highest BCUT2D eigenvalue weighted by molar-refractivity contribution is 5.02. The van der Waals surface area contributed by atoms with E-state index < -0.39 is 0 Å². The minimum absolute atomic E-state index is 0.299. The number of hydrogen-bond donors (Lipinski definition) is 0. The molecule has 19 heavy (non-hydrogen) atoms. The van der Waals surface area contributed by atoms with E-state index in [0.717, 1.165) is 26.2 Å². The third-order valence-corrected chi connectivity index (χ3v) is 4.26. The Kier molecular flexibility index (Phi) is 7.41. The Balaban J connectivity index is 2.09. The van der Waals surface area contributed by atoms with Crippen LogP contribution >= 0.6 is 0 Å². The van der Waals surface area contributed by atoms with Gasteiger partial charge in [-0.1, -0.05) is 39.0 Å². The highest BCUT2D eigenvalue weighted by Crippen LogP contribution is 2.16. The molecule has 3 nitrogen and oxygen atoms in total. The van der Waals surface area contributed by atoms with Crippen LogP contribution in [0.25, 0.3) is 0 Å². The minimum atomic E-state index is -0.299. The zero-order valence-electron chi connectivity index (χ0n) is 13.1. The second-order valence-electron chi connectivity index (χ2n) is 6.27. The predicted molar refractivity (Wildman–Crippen MR) is 81.1 cm³/mol. The van der Waals surface area contributed by atoms with Crippen molar-refractivity contribution in [2.45, 2.75) is 64.8 Å². The molecular formula is C16H31N3. The van der Waals surface area contributed by atoms with Crippen LogP contribution < -0.4 is 0 Å². The Bertz CT molecular complexity index is 272. The third-order valence-electron chi connectivity index (χ3n) is 4.26. The summed E-state index contributed by atoms with van der Waals surface area (Å²) >= 11 is 0. The van der Waals surface area contributed by atoms with Crippen LogP contribution in [0, 0.1) is 11.3 Å². The molecule has 0 aromatic carbocycles. The first-order valence-electron chi connectivity index (χ1n) is 7.99. The van der Waals surface area contributed by atoms with Crippen molar-refractivity contribution in [3.8, 4) is 6.07 Å². The summed E-state index contributed by atoms with van der Waals surface area (Å²) in [7, 11) is 0. The van der Waals surface area contributed by atoms with Gasteiger partial charge in [0.1, 0.15) is 5.54 Å². The van der Waals surface area contributed by atoms with E-state index in [2.05, 4.69) is 22.8 Å². The molecule has 0 saturated carbocycles. The monoisotopic (exact) mass is 265 g/mol. The zero-order chi connectivity index (χ0) is 14.1. The fourth-order valence-corrected chi connectivity index (χ4v) is 2.72. The molecule has 0 bridgehead atoms. The van der Waals surface area contributed by atoms with Crippen LogP contribution in [-0.4, -0.2) is 48.1 Å². The molecule has 0 aromatic heterocycles. The molecule has 0 amide bonds. The molecule has 1 fully saturated rings. The second-order valence-corrected chi connectivity index (χ2v) is 6.27. The molecule has 1 rings (SSSR count). The summed E-state index contributed by atoms with van der Waals surface area (Å²) in [6.45, 7) is 11.9. The van der Waals surface area contributed by atoms with E-state index in [1.807, 2.05) is 13.8 Å². The van der Waals surface area contributed by atoms with Crippen molar-refractivity contribution < 1.29 is 0 Å². The smallest absolute Gasteiger partial charge is 0.103 e. The van der Waals surface area contributed by atoms with Gasteiger partial charge in [-0.05, 0) is 26.8 Å². The van der Waals surface area contributed by atoms with Gasteiger partial charge in [0.25, 0.3) is 0 Å². The number of nitrogens with zero attached hydrogens (tertiary/aromatic N) is 3. The number of rotatable bonds is 8. The van der Waals surface area contributed by atoms with Crippen LogP contribution in [0.5, 0.6) is 0 Å². The number of piperazine rings is 1. The molecule has 3 heteroatoms. The fourth-order valence-electron chi connectivity index (χ4n) is 2.72. The number of nitriles is 1. The average Bonchev–Trinajstić information content (AvgIpc) is 2.43. The van der Waals surface area contributed by atoms with Crippen molar-refractivity contribution in [3.63, 3.8) is 0 Å². The lowest BCUT2D eigenvalue weighted by atomic mass is 10.0. The molecular weight excluding hydrogens is 234 g/mol. The van der Waals surface area contributed by atoms with Gasteiger partial charge in [-0.15, -0.1) is 0 Å². The zero-order valence-corrected chi connectivity index (χ0v) is 13.1. The third kappa shape index (κ3) is 5.93.